The van der Waals surface area contributed by atoms with Crippen molar-refractivity contribution in [3.05, 3.63) is 59.7 Å². The second-order valence-corrected chi connectivity index (χ2v) is 4.20. The molecule has 0 atom stereocenters. The molecule has 0 aliphatic carbocycles. The van der Waals surface area contributed by atoms with Crippen molar-refractivity contribution in [1.29, 1.82) is 0 Å². The summed E-state index contributed by atoms with van der Waals surface area (Å²) in [5.41, 5.74) is 1.52. The fourth-order valence-corrected chi connectivity index (χ4v) is 2.18. The van der Waals surface area contributed by atoms with Crippen molar-refractivity contribution < 1.29 is 13.6 Å². The van der Waals surface area contributed by atoms with E-state index in [2.05, 4.69) is 4.98 Å². The summed E-state index contributed by atoms with van der Waals surface area (Å²) in [5.74, 6) is -0.868. The number of rotatable bonds is 2. The molecule has 0 aliphatic rings. The van der Waals surface area contributed by atoms with Crippen LogP contribution in [0.3, 0.4) is 0 Å². The number of fused-ring (bicyclic) bond motifs is 1. The summed E-state index contributed by atoms with van der Waals surface area (Å²) >= 11 is 0. The van der Waals surface area contributed by atoms with E-state index in [1.165, 1.54) is 24.3 Å². The Bertz CT molecular complexity index is 777. The quantitative estimate of drug-likeness (QED) is 0.693. The first-order chi connectivity index (χ1) is 9.20. The minimum atomic E-state index is -0.435. The maximum absolute atomic E-state index is 13.8. The number of halogens is 2. The van der Waals surface area contributed by atoms with Crippen LogP contribution in [0.15, 0.2) is 42.5 Å². The van der Waals surface area contributed by atoms with Crippen LogP contribution in [0.1, 0.15) is 10.4 Å². The van der Waals surface area contributed by atoms with Gasteiger partial charge in [-0.15, -0.1) is 0 Å². The maximum Gasteiger partial charge on any atom is 0.152 e. The van der Waals surface area contributed by atoms with Gasteiger partial charge in [-0.25, -0.2) is 8.78 Å². The minimum absolute atomic E-state index is 0.264. The van der Waals surface area contributed by atoms with Gasteiger partial charge in [-0.2, -0.15) is 0 Å². The molecule has 3 rings (SSSR count). The summed E-state index contributed by atoms with van der Waals surface area (Å²) in [4.78, 5) is 14.2. The van der Waals surface area contributed by atoms with E-state index in [9.17, 15) is 13.6 Å². The van der Waals surface area contributed by atoms with E-state index in [1.54, 1.807) is 18.2 Å². The molecule has 2 aromatic carbocycles. The summed E-state index contributed by atoms with van der Waals surface area (Å²) in [5, 5.41) is 0.452. The molecule has 1 N–H and O–H groups in total. The zero-order chi connectivity index (χ0) is 13.4. The van der Waals surface area contributed by atoms with Crippen LogP contribution >= 0.6 is 0 Å². The Morgan fingerprint density at radius 1 is 1.05 bits per heavy atom. The number of benzene rings is 2. The van der Waals surface area contributed by atoms with Crippen molar-refractivity contribution in [2.24, 2.45) is 0 Å². The number of hydrogen-bond acceptors (Lipinski definition) is 1. The van der Waals surface area contributed by atoms with Crippen molar-refractivity contribution in [3.8, 4) is 11.3 Å². The SMILES string of the molecule is O=Cc1c(-c2ccccc2F)[nH]c2ccc(F)cc12. The van der Waals surface area contributed by atoms with Crippen molar-refractivity contribution >= 4 is 17.2 Å². The molecule has 94 valence electrons. The first-order valence-electron chi connectivity index (χ1n) is 5.72. The fraction of sp³-hybridized carbons (Fsp3) is 0. The number of carbonyl (C=O) groups is 1. The van der Waals surface area contributed by atoms with Crippen LogP contribution in [-0.2, 0) is 0 Å². The van der Waals surface area contributed by atoms with E-state index in [4.69, 9.17) is 0 Å². The van der Waals surface area contributed by atoms with E-state index in [0.717, 1.165) is 0 Å². The molecular weight excluding hydrogens is 248 g/mol. The maximum atomic E-state index is 13.8. The molecule has 19 heavy (non-hydrogen) atoms. The highest BCUT2D eigenvalue weighted by atomic mass is 19.1. The third-order valence-corrected chi connectivity index (χ3v) is 3.06. The van der Waals surface area contributed by atoms with Gasteiger partial charge in [0, 0.05) is 22.0 Å². The van der Waals surface area contributed by atoms with Gasteiger partial charge in [0.15, 0.2) is 6.29 Å². The Kier molecular flexibility index (Phi) is 2.63. The lowest BCUT2D eigenvalue weighted by Gasteiger charge is -2.01. The largest absolute Gasteiger partial charge is 0.354 e. The summed E-state index contributed by atoms with van der Waals surface area (Å²) in [6.45, 7) is 0. The smallest absolute Gasteiger partial charge is 0.152 e. The highest BCUT2D eigenvalue weighted by Gasteiger charge is 2.15. The van der Waals surface area contributed by atoms with Gasteiger partial charge < -0.3 is 4.98 Å². The Morgan fingerprint density at radius 3 is 2.58 bits per heavy atom. The number of carbonyl (C=O) groups excluding carboxylic acids is 1. The van der Waals surface area contributed by atoms with Crippen molar-refractivity contribution in [3.63, 3.8) is 0 Å². The normalized spacial score (nSPS) is 10.8. The van der Waals surface area contributed by atoms with Crippen molar-refractivity contribution in [2.75, 3.05) is 0 Å². The lowest BCUT2D eigenvalue weighted by molar-refractivity contribution is 0.112. The molecule has 0 bridgehead atoms. The lowest BCUT2D eigenvalue weighted by atomic mass is 10.1. The zero-order valence-corrected chi connectivity index (χ0v) is 9.78. The molecule has 1 aromatic heterocycles. The third kappa shape index (κ3) is 1.81. The molecule has 3 aromatic rings. The average Bonchev–Trinajstić information content (AvgIpc) is 2.76. The van der Waals surface area contributed by atoms with Gasteiger partial charge in [-0.1, -0.05) is 12.1 Å². The van der Waals surface area contributed by atoms with E-state index in [0.29, 0.717) is 28.4 Å². The van der Waals surface area contributed by atoms with Crippen LogP contribution in [0.4, 0.5) is 8.78 Å². The van der Waals surface area contributed by atoms with Crippen LogP contribution in [0.5, 0.6) is 0 Å². The Balaban J connectivity index is 2.36. The standard InChI is InChI=1S/C15H9F2NO/c16-9-5-6-14-11(7-9)12(8-19)15(18-14)10-3-1-2-4-13(10)17/h1-8,18H. The third-order valence-electron chi connectivity index (χ3n) is 3.06. The molecule has 2 nitrogen and oxygen atoms in total. The summed E-state index contributed by atoms with van der Waals surface area (Å²) < 4.78 is 27.0. The number of nitrogens with one attached hydrogen (secondary N) is 1. The van der Waals surface area contributed by atoms with Crippen LogP contribution in [0, 0.1) is 11.6 Å². The lowest BCUT2D eigenvalue weighted by Crippen LogP contribution is -1.88. The Hall–Kier alpha value is -2.49. The van der Waals surface area contributed by atoms with Crippen LogP contribution in [-0.4, -0.2) is 11.3 Å². The molecule has 0 unspecified atom stereocenters. The van der Waals surface area contributed by atoms with Crippen molar-refractivity contribution in [2.45, 2.75) is 0 Å². The zero-order valence-electron chi connectivity index (χ0n) is 9.78. The van der Waals surface area contributed by atoms with Crippen molar-refractivity contribution in [1.82, 2.24) is 4.98 Å². The average molecular weight is 257 g/mol. The molecule has 0 saturated carbocycles. The molecule has 1 heterocycles. The van der Waals surface area contributed by atoms with E-state index < -0.39 is 11.6 Å². The topological polar surface area (TPSA) is 32.9 Å². The number of H-pyrrole nitrogens is 1. The molecule has 0 amide bonds. The minimum Gasteiger partial charge on any atom is -0.354 e. The first-order valence-corrected chi connectivity index (χ1v) is 5.72. The second-order valence-electron chi connectivity index (χ2n) is 4.20. The van der Waals surface area contributed by atoms with Gasteiger partial charge in [-0.3, -0.25) is 4.79 Å². The van der Waals surface area contributed by atoms with Gasteiger partial charge >= 0.3 is 0 Å². The van der Waals surface area contributed by atoms with E-state index >= 15 is 0 Å². The Morgan fingerprint density at radius 2 is 1.84 bits per heavy atom. The summed E-state index contributed by atoms with van der Waals surface area (Å²) in [6.07, 6.45) is 0.611. The van der Waals surface area contributed by atoms with Gasteiger partial charge in [-0.05, 0) is 30.3 Å². The highest BCUT2D eigenvalue weighted by molar-refractivity contribution is 6.04. The molecule has 0 fully saturated rings. The van der Waals surface area contributed by atoms with Gasteiger partial charge in [0.1, 0.15) is 11.6 Å². The number of hydrogen-bond donors (Lipinski definition) is 1. The van der Waals surface area contributed by atoms with Gasteiger partial charge in [0.2, 0.25) is 0 Å². The summed E-state index contributed by atoms with van der Waals surface area (Å²) in [6, 6.07) is 10.2. The molecular formula is C15H9F2NO. The molecule has 0 radical (unpaired) electrons. The van der Waals surface area contributed by atoms with E-state index in [-0.39, 0.29) is 5.56 Å². The molecule has 4 heteroatoms. The highest BCUT2D eigenvalue weighted by Crippen LogP contribution is 2.30. The first kappa shape index (κ1) is 11.6. The number of aldehydes is 1. The van der Waals surface area contributed by atoms with Gasteiger partial charge in [0.25, 0.3) is 0 Å². The fourth-order valence-electron chi connectivity index (χ4n) is 2.18. The predicted octanol–water partition coefficient (Wildman–Crippen LogP) is 3.93. The number of aromatic amines is 1. The van der Waals surface area contributed by atoms with Crippen LogP contribution < -0.4 is 0 Å². The molecule has 0 saturated heterocycles. The molecule has 0 aliphatic heterocycles. The summed E-state index contributed by atoms with van der Waals surface area (Å²) in [7, 11) is 0. The van der Waals surface area contributed by atoms with Gasteiger partial charge in [0.05, 0.1) is 5.69 Å². The second kappa shape index (κ2) is 4.31. The van der Waals surface area contributed by atoms with E-state index in [1.807, 2.05) is 0 Å². The monoisotopic (exact) mass is 257 g/mol. The van der Waals surface area contributed by atoms with Crippen LogP contribution in [0.25, 0.3) is 22.2 Å². The van der Waals surface area contributed by atoms with Crippen LogP contribution in [0.2, 0.25) is 0 Å². The molecule has 0 spiro atoms. The predicted molar refractivity (Wildman–Crippen MR) is 69.0 cm³/mol. The Labute approximate surface area is 107 Å². The number of aromatic nitrogens is 1.